The lowest BCUT2D eigenvalue weighted by atomic mass is 9.70. The van der Waals surface area contributed by atoms with Gasteiger partial charge in [0.1, 0.15) is 0 Å². The second-order valence-electron chi connectivity index (χ2n) is 16.0. The molecule has 0 atom stereocenters. The van der Waals surface area contributed by atoms with Gasteiger partial charge in [0.05, 0.1) is 11.1 Å². The van der Waals surface area contributed by atoms with Crippen LogP contribution in [0.15, 0.2) is 237 Å². The van der Waals surface area contributed by atoms with E-state index in [1.807, 2.05) is 0 Å². The van der Waals surface area contributed by atoms with Gasteiger partial charge in [0, 0.05) is 16.9 Å². The highest BCUT2D eigenvalue weighted by Gasteiger charge is 2.52. The summed E-state index contributed by atoms with van der Waals surface area (Å²) in [5, 5.41) is 2.51. The molecule has 280 valence electrons. The number of hydrogen-bond donors (Lipinski definition) is 0. The first kappa shape index (κ1) is 34.3. The molecule has 0 radical (unpaired) electrons. The maximum absolute atomic E-state index is 2.47. The smallest absolute Gasteiger partial charge is 0.0726 e. The molecule has 2 aliphatic rings. The van der Waals surface area contributed by atoms with Crippen LogP contribution in [0.5, 0.6) is 0 Å². The second kappa shape index (κ2) is 13.7. The van der Waals surface area contributed by atoms with Crippen LogP contribution in [-0.2, 0) is 5.41 Å². The van der Waals surface area contributed by atoms with Gasteiger partial charge in [-0.05, 0) is 113 Å². The van der Waals surface area contributed by atoms with Crippen molar-refractivity contribution in [1.29, 1.82) is 0 Å². The van der Waals surface area contributed by atoms with E-state index in [9.17, 15) is 0 Å². The molecule has 60 heavy (non-hydrogen) atoms. The van der Waals surface area contributed by atoms with Crippen LogP contribution in [-0.4, -0.2) is 0 Å². The van der Waals surface area contributed by atoms with Crippen LogP contribution < -0.4 is 4.90 Å². The highest BCUT2D eigenvalue weighted by atomic mass is 15.1. The Hall–Kier alpha value is -7.74. The van der Waals surface area contributed by atoms with E-state index in [-0.39, 0.29) is 0 Å². The molecule has 0 fully saturated rings. The predicted molar refractivity (Wildman–Crippen MR) is 251 cm³/mol. The van der Waals surface area contributed by atoms with Crippen molar-refractivity contribution < 1.29 is 0 Å². The minimum Gasteiger partial charge on any atom is -0.310 e. The standard InChI is InChI=1S/C59H39N/c1-2-14-40(15-3-1)41-28-30-42(31-29-41)43-32-36-46(37-33-43)60(47-38-34-45(35-39-47)49-22-12-17-44-16-4-5-18-48(44)49)57-27-13-26-56-58(57)52-21-8-11-25-55(52)59(56)53-23-9-6-19-50(53)51-20-7-10-24-54(51)59/h1-39H. The van der Waals surface area contributed by atoms with Gasteiger partial charge in [0.15, 0.2) is 0 Å². The summed E-state index contributed by atoms with van der Waals surface area (Å²) < 4.78 is 0. The lowest BCUT2D eigenvalue weighted by Gasteiger charge is -2.32. The molecule has 2 aliphatic carbocycles. The number of hydrogen-bond acceptors (Lipinski definition) is 1. The Bertz CT molecular complexity index is 3180. The molecule has 0 unspecified atom stereocenters. The zero-order valence-corrected chi connectivity index (χ0v) is 33.0. The van der Waals surface area contributed by atoms with Crippen molar-refractivity contribution in [2.24, 2.45) is 0 Å². The number of rotatable bonds is 6. The maximum Gasteiger partial charge on any atom is 0.0726 e. The summed E-state index contributed by atoms with van der Waals surface area (Å²) in [5.41, 5.74) is 20.8. The van der Waals surface area contributed by atoms with E-state index < -0.39 is 5.41 Å². The number of anilines is 3. The van der Waals surface area contributed by atoms with Gasteiger partial charge in [-0.1, -0.05) is 206 Å². The summed E-state index contributed by atoms with van der Waals surface area (Å²) in [6.45, 7) is 0. The molecular formula is C59H39N. The first-order valence-electron chi connectivity index (χ1n) is 20.8. The van der Waals surface area contributed by atoms with Crippen molar-refractivity contribution in [2.75, 3.05) is 4.90 Å². The Balaban J connectivity index is 1.04. The summed E-state index contributed by atoms with van der Waals surface area (Å²) in [6.07, 6.45) is 0. The third kappa shape index (κ3) is 5.13. The van der Waals surface area contributed by atoms with Crippen LogP contribution in [0.2, 0.25) is 0 Å². The minimum absolute atomic E-state index is 0.422. The van der Waals surface area contributed by atoms with Gasteiger partial charge in [-0.15, -0.1) is 0 Å². The molecule has 10 aromatic rings. The van der Waals surface area contributed by atoms with E-state index in [0.717, 1.165) is 17.1 Å². The summed E-state index contributed by atoms with van der Waals surface area (Å²) in [5.74, 6) is 0. The summed E-state index contributed by atoms with van der Waals surface area (Å²) >= 11 is 0. The van der Waals surface area contributed by atoms with Crippen molar-refractivity contribution in [3.05, 3.63) is 259 Å². The summed E-state index contributed by atoms with van der Waals surface area (Å²) in [4.78, 5) is 2.47. The van der Waals surface area contributed by atoms with Gasteiger partial charge in [-0.2, -0.15) is 0 Å². The fourth-order valence-corrected chi connectivity index (χ4v) is 10.3. The normalized spacial score (nSPS) is 12.8. The monoisotopic (exact) mass is 761 g/mol. The third-order valence-electron chi connectivity index (χ3n) is 12.9. The Morgan fingerprint density at radius 1 is 0.267 bits per heavy atom. The van der Waals surface area contributed by atoms with Crippen LogP contribution in [0.1, 0.15) is 22.3 Å². The molecule has 0 bridgehead atoms. The van der Waals surface area contributed by atoms with Crippen LogP contribution >= 0.6 is 0 Å². The fraction of sp³-hybridized carbons (Fsp3) is 0.0169. The maximum atomic E-state index is 2.47. The molecule has 10 aromatic carbocycles. The molecule has 12 rings (SSSR count). The number of benzene rings is 10. The van der Waals surface area contributed by atoms with Crippen molar-refractivity contribution in [2.45, 2.75) is 5.41 Å². The Kier molecular flexibility index (Phi) is 7.83. The van der Waals surface area contributed by atoms with Crippen LogP contribution in [0.4, 0.5) is 17.1 Å². The van der Waals surface area contributed by atoms with E-state index >= 15 is 0 Å². The Morgan fingerprint density at radius 3 is 1.32 bits per heavy atom. The summed E-state index contributed by atoms with van der Waals surface area (Å²) in [6, 6.07) is 87.2. The number of nitrogens with zero attached hydrogens (tertiary/aromatic N) is 1. The highest BCUT2D eigenvalue weighted by Crippen LogP contribution is 2.64. The lowest BCUT2D eigenvalue weighted by molar-refractivity contribution is 0.794. The Morgan fingerprint density at radius 2 is 0.683 bits per heavy atom. The lowest BCUT2D eigenvalue weighted by Crippen LogP contribution is -2.26. The second-order valence-corrected chi connectivity index (χ2v) is 16.0. The zero-order valence-electron chi connectivity index (χ0n) is 33.0. The van der Waals surface area contributed by atoms with Crippen molar-refractivity contribution >= 4 is 27.8 Å². The minimum atomic E-state index is -0.422. The molecule has 0 N–H and O–H groups in total. The van der Waals surface area contributed by atoms with E-state index in [1.165, 1.54) is 88.7 Å². The van der Waals surface area contributed by atoms with E-state index in [0.29, 0.717) is 0 Å². The zero-order chi connectivity index (χ0) is 39.6. The van der Waals surface area contributed by atoms with Crippen molar-refractivity contribution in [1.82, 2.24) is 0 Å². The molecule has 1 spiro atoms. The van der Waals surface area contributed by atoms with Crippen molar-refractivity contribution in [3.8, 4) is 55.6 Å². The van der Waals surface area contributed by atoms with Gasteiger partial charge in [0.2, 0.25) is 0 Å². The van der Waals surface area contributed by atoms with Gasteiger partial charge in [-0.25, -0.2) is 0 Å². The van der Waals surface area contributed by atoms with E-state index in [1.54, 1.807) is 0 Å². The Labute approximate surface area is 351 Å². The average molecular weight is 762 g/mol. The molecule has 0 heterocycles. The van der Waals surface area contributed by atoms with Gasteiger partial charge >= 0.3 is 0 Å². The molecule has 0 saturated carbocycles. The molecule has 0 aromatic heterocycles. The molecule has 0 amide bonds. The van der Waals surface area contributed by atoms with Gasteiger partial charge in [0.25, 0.3) is 0 Å². The van der Waals surface area contributed by atoms with Crippen LogP contribution in [0, 0.1) is 0 Å². The largest absolute Gasteiger partial charge is 0.310 e. The SMILES string of the molecule is c1ccc(-c2ccc(-c3ccc(N(c4ccc(-c5cccc6ccccc56)cc4)c4cccc5c4-c4ccccc4C54c5ccccc5-c5ccccc54)cc3)cc2)cc1. The molecule has 0 saturated heterocycles. The van der Waals surface area contributed by atoms with E-state index in [2.05, 4.69) is 241 Å². The van der Waals surface area contributed by atoms with E-state index in [4.69, 9.17) is 0 Å². The quantitative estimate of drug-likeness (QED) is 0.163. The average Bonchev–Trinajstić information content (AvgIpc) is 3.80. The molecule has 1 heteroatoms. The predicted octanol–water partition coefficient (Wildman–Crippen LogP) is 15.7. The highest BCUT2D eigenvalue weighted by molar-refractivity contribution is 6.02. The molecule has 1 nitrogen and oxygen atoms in total. The topological polar surface area (TPSA) is 3.24 Å². The van der Waals surface area contributed by atoms with Gasteiger partial charge in [-0.3, -0.25) is 0 Å². The fourth-order valence-electron chi connectivity index (χ4n) is 10.3. The molecule has 0 aliphatic heterocycles. The molecular weight excluding hydrogens is 723 g/mol. The summed E-state index contributed by atoms with van der Waals surface area (Å²) in [7, 11) is 0. The first-order valence-corrected chi connectivity index (χ1v) is 20.8. The van der Waals surface area contributed by atoms with Crippen molar-refractivity contribution in [3.63, 3.8) is 0 Å². The van der Waals surface area contributed by atoms with Crippen LogP contribution in [0.25, 0.3) is 66.4 Å². The number of fused-ring (bicyclic) bond motifs is 11. The third-order valence-corrected chi connectivity index (χ3v) is 12.9. The van der Waals surface area contributed by atoms with Gasteiger partial charge < -0.3 is 4.90 Å². The first-order chi connectivity index (χ1) is 29.8. The van der Waals surface area contributed by atoms with Crippen LogP contribution in [0.3, 0.4) is 0 Å².